The fourth-order valence-corrected chi connectivity index (χ4v) is 3.89. The number of phenolic OH excluding ortho intramolecular Hbond substituents is 1. The average molecular weight is 482 g/mol. The Bertz CT molecular complexity index is 605. The summed E-state index contributed by atoms with van der Waals surface area (Å²) in [6, 6.07) is 5.09. The van der Waals surface area contributed by atoms with Gasteiger partial charge in [0.1, 0.15) is 5.75 Å². The molecule has 0 unspecified atom stereocenters. The second kappa shape index (κ2) is 18.4. The van der Waals surface area contributed by atoms with Crippen molar-refractivity contribution in [2.75, 3.05) is 0 Å². The van der Waals surface area contributed by atoms with Gasteiger partial charge in [0.15, 0.2) is 0 Å². The molecule has 5 heteroatoms. The number of nitrogens with zero attached hydrogens (tertiary/aromatic N) is 1. The Balaban J connectivity index is 1.89. The maximum Gasteiger partial charge on any atom is 0.240 e. The SMILES string of the molecule is CCCCCCCCCCCCCCCCCC(=O)N/N=C\c1cc(Br)ccc1O. The smallest absolute Gasteiger partial charge is 0.240 e. The van der Waals surface area contributed by atoms with Gasteiger partial charge in [0.05, 0.1) is 6.21 Å². The lowest BCUT2D eigenvalue weighted by Gasteiger charge is -2.03. The zero-order chi connectivity index (χ0) is 21.9. The number of amides is 1. The van der Waals surface area contributed by atoms with Crippen LogP contribution in [0.3, 0.4) is 0 Å². The molecule has 0 spiro atoms. The van der Waals surface area contributed by atoms with Gasteiger partial charge in [0, 0.05) is 16.5 Å². The van der Waals surface area contributed by atoms with Crippen LogP contribution in [0.4, 0.5) is 0 Å². The first-order valence-corrected chi connectivity index (χ1v) is 12.7. The summed E-state index contributed by atoms with van der Waals surface area (Å²) in [7, 11) is 0. The van der Waals surface area contributed by atoms with Gasteiger partial charge in [-0.25, -0.2) is 5.43 Å². The standard InChI is InChI=1S/C25H41BrN2O2/c1-2-3-4-5-6-7-8-9-10-11-12-13-14-15-16-17-25(30)28-27-21-22-20-23(26)18-19-24(22)29/h18-21,29H,2-17H2,1H3,(H,28,30)/b27-21-. The Labute approximate surface area is 192 Å². The molecule has 0 aliphatic carbocycles. The molecule has 0 aliphatic heterocycles. The molecule has 0 radical (unpaired) electrons. The van der Waals surface area contributed by atoms with Crippen LogP contribution >= 0.6 is 15.9 Å². The Hall–Kier alpha value is -1.36. The Morgan fingerprint density at radius 1 is 0.900 bits per heavy atom. The summed E-state index contributed by atoms with van der Waals surface area (Å²) < 4.78 is 0.853. The van der Waals surface area contributed by atoms with Crippen LogP contribution in [-0.2, 0) is 4.79 Å². The van der Waals surface area contributed by atoms with E-state index in [1.54, 1.807) is 18.2 Å². The number of carbonyl (C=O) groups is 1. The molecule has 1 amide bonds. The first-order chi connectivity index (χ1) is 14.6. The normalized spacial score (nSPS) is 11.3. The van der Waals surface area contributed by atoms with E-state index in [-0.39, 0.29) is 11.7 Å². The number of carbonyl (C=O) groups excluding carboxylic acids is 1. The van der Waals surface area contributed by atoms with Crippen molar-refractivity contribution in [2.24, 2.45) is 5.10 Å². The minimum absolute atomic E-state index is 0.0737. The molecule has 0 fully saturated rings. The predicted molar refractivity (Wildman–Crippen MR) is 131 cm³/mol. The lowest BCUT2D eigenvalue weighted by Crippen LogP contribution is -2.16. The van der Waals surface area contributed by atoms with Gasteiger partial charge in [-0.1, -0.05) is 113 Å². The molecule has 0 atom stereocenters. The molecule has 0 aliphatic rings. The maximum absolute atomic E-state index is 11.8. The Morgan fingerprint density at radius 3 is 1.93 bits per heavy atom. The molecule has 1 rings (SSSR count). The van der Waals surface area contributed by atoms with E-state index in [0.717, 1.165) is 17.3 Å². The fraction of sp³-hybridized carbons (Fsp3) is 0.680. The summed E-state index contributed by atoms with van der Waals surface area (Å²) in [6.07, 6.45) is 21.7. The van der Waals surface area contributed by atoms with E-state index in [4.69, 9.17) is 0 Å². The van der Waals surface area contributed by atoms with Crippen molar-refractivity contribution in [3.8, 4) is 5.75 Å². The van der Waals surface area contributed by atoms with E-state index >= 15 is 0 Å². The van der Waals surface area contributed by atoms with Crippen LogP contribution in [0.2, 0.25) is 0 Å². The van der Waals surface area contributed by atoms with Gasteiger partial charge in [0.25, 0.3) is 0 Å². The van der Waals surface area contributed by atoms with Crippen LogP contribution in [0.15, 0.2) is 27.8 Å². The lowest BCUT2D eigenvalue weighted by atomic mass is 10.0. The number of unbranched alkanes of at least 4 members (excludes halogenated alkanes) is 14. The van der Waals surface area contributed by atoms with Crippen LogP contribution in [-0.4, -0.2) is 17.2 Å². The first-order valence-electron chi connectivity index (χ1n) is 11.9. The van der Waals surface area contributed by atoms with E-state index in [1.165, 1.54) is 89.7 Å². The van der Waals surface area contributed by atoms with Gasteiger partial charge in [-0.05, 0) is 24.6 Å². The summed E-state index contributed by atoms with van der Waals surface area (Å²) >= 11 is 3.34. The number of hydrazone groups is 1. The molecular weight excluding hydrogens is 440 g/mol. The lowest BCUT2D eigenvalue weighted by molar-refractivity contribution is -0.121. The summed E-state index contributed by atoms with van der Waals surface area (Å²) in [6.45, 7) is 2.27. The van der Waals surface area contributed by atoms with Crippen LogP contribution in [0, 0.1) is 0 Å². The van der Waals surface area contributed by atoms with Crippen LogP contribution < -0.4 is 5.43 Å². The zero-order valence-corrected chi connectivity index (χ0v) is 20.4. The molecule has 0 saturated carbocycles. The van der Waals surface area contributed by atoms with Gasteiger partial charge in [-0.3, -0.25) is 4.79 Å². The zero-order valence-electron chi connectivity index (χ0n) is 18.8. The summed E-state index contributed by atoms with van der Waals surface area (Å²) in [4.78, 5) is 11.8. The molecule has 0 heterocycles. The number of nitrogens with one attached hydrogen (secondary N) is 1. The highest BCUT2D eigenvalue weighted by Crippen LogP contribution is 2.20. The van der Waals surface area contributed by atoms with Gasteiger partial charge < -0.3 is 5.11 Å². The Morgan fingerprint density at radius 2 is 1.40 bits per heavy atom. The number of hydrogen-bond donors (Lipinski definition) is 2. The van der Waals surface area contributed by atoms with Crippen LogP contribution in [0.25, 0.3) is 0 Å². The van der Waals surface area contributed by atoms with Crippen LogP contribution in [0.5, 0.6) is 5.75 Å². The monoisotopic (exact) mass is 480 g/mol. The van der Waals surface area contributed by atoms with Crippen molar-refractivity contribution in [3.63, 3.8) is 0 Å². The second-order valence-corrected chi connectivity index (χ2v) is 9.11. The van der Waals surface area contributed by atoms with E-state index < -0.39 is 0 Å². The number of aromatic hydroxyl groups is 1. The van der Waals surface area contributed by atoms with Crippen molar-refractivity contribution in [1.82, 2.24) is 5.43 Å². The van der Waals surface area contributed by atoms with Gasteiger partial charge >= 0.3 is 0 Å². The number of hydrogen-bond acceptors (Lipinski definition) is 3. The molecule has 1 aromatic carbocycles. The number of benzene rings is 1. The predicted octanol–water partition coefficient (Wildman–Crippen LogP) is 7.87. The Kier molecular flexibility index (Phi) is 16.4. The third kappa shape index (κ3) is 14.6. The van der Waals surface area contributed by atoms with E-state index in [9.17, 15) is 9.90 Å². The van der Waals surface area contributed by atoms with Crippen molar-refractivity contribution >= 4 is 28.1 Å². The van der Waals surface area contributed by atoms with Crippen LogP contribution in [0.1, 0.15) is 115 Å². The van der Waals surface area contributed by atoms with E-state index in [2.05, 4.69) is 33.4 Å². The topological polar surface area (TPSA) is 61.7 Å². The second-order valence-electron chi connectivity index (χ2n) is 8.20. The fourth-order valence-electron chi connectivity index (χ4n) is 3.52. The van der Waals surface area contributed by atoms with Gasteiger partial charge in [-0.2, -0.15) is 5.10 Å². The van der Waals surface area contributed by atoms with Gasteiger partial charge in [0.2, 0.25) is 5.91 Å². The molecule has 1 aromatic rings. The summed E-state index contributed by atoms with van der Waals surface area (Å²) in [5.74, 6) is 0.0639. The third-order valence-corrected chi connectivity index (χ3v) is 5.88. The maximum atomic E-state index is 11.8. The molecule has 2 N–H and O–H groups in total. The molecule has 4 nitrogen and oxygen atoms in total. The van der Waals surface area contributed by atoms with Gasteiger partial charge in [-0.15, -0.1) is 0 Å². The average Bonchev–Trinajstić information content (AvgIpc) is 2.73. The quantitative estimate of drug-likeness (QED) is 0.127. The van der Waals surface area contributed by atoms with E-state index in [0.29, 0.717) is 12.0 Å². The van der Waals surface area contributed by atoms with Crippen molar-refractivity contribution < 1.29 is 9.90 Å². The minimum atomic E-state index is -0.0737. The first kappa shape index (κ1) is 26.7. The highest BCUT2D eigenvalue weighted by molar-refractivity contribution is 9.10. The molecular formula is C25H41BrN2O2. The molecule has 0 aromatic heterocycles. The summed E-state index contributed by atoms with van der Waals surface area (Å²) in [5.41, 5.74) is 3.10. The summed E-state index contributed by atoms with van der Waals surface area (Å²) in [5, 5.41) is 13.7. The highest BCUT2D eigenvalue weighted by Gasteiger charge is 2.01. The third-order valence-electron chi connectivity index (χ3n) is 5.39. The molecule has 170 valence electrons. The largest absolute Gasteiger partial charge is 0.507 e. The minimum Gasteiger partial charge on any atom is -0.507 e. The van der Waals surface area contributed by atoms with Crippen molar-refractivity contribution in [1.29, 1.82) is 0 Å². The number of rotatable bonds is 18. The highest BCUT2D eigenvalue weighted by atomic mass is 79.9. The molecule has 0 saturated heterocycles. The van der Waals surface area contributed by atoms with E-state index in [1.807, 2.05) is 0 Å². The molecule has 30 heavy (non-hydrogen) atoms. The van der Waals surface area contributed by atoms with Crippen molar-refractivity contribution in [2.45, 2.75) is 110 Å². The van der Waals surface area contributed by atoms with Crippen molar-refractivity contribution in [3.05, 3.63) is 28.2 Å². The number of phenols is 1. The molecule has 0 bridgehead atoms. The number of halogens is 1.